The lowest BCUT2D eigenvalue weighted by Crippen LogP contribution is -1.91. The monoisotopic (exact) mass is 127 g/mol. The Morgan fingerprint density at radius 1 is 1.88 bits per heavy atom. The van der Waals surface area contributed by atoms with E-state index in [2.05, 4.69) is 5.38 Å². The first kappa shape index (κ1) is 5.31. The lowest BCUT2D eigenvalue weighted by Gasteiger charge is -1.78. The van der Waals surface area contributed by atoms with Crippen LogP contribution in [0.25, 0.3) is 0 Å². The normalized spacial score (nSPS) is 9.00. The molecule has 41 valence electrons. The van der Waals surface area contributed by atoms with Gasteiger partial charge in [-0.2, -0.15) is 0 Å². The Bertz CT molecular complexity index is 178. The second kappa shape index (κ2) is 1.96. The topological polar surface area (TPSA) is 37.3 Å². The average Bonchev–Trinajstić information content (AvgIpc) is 2.12. The number of thiophene rings is 1. The van der Waals surface area contributed by atoms with Gasteiger partial charge in [0.05, 0.1) is 10.9 Å². The Labute approximate surface area is 50.4 Å². The van der Waals surface area contributed by atoms with Crippen LogP contribution < -0.4 is 0 Å². The van der Waals surface area contributed by atoms with Crippen molar-refractivity contribution >= 4 is 17.3 Å². The summed E-state index contributed by atoms with van der Waals surface area (Å²) >= 11 is 1.26. The minimum atomic E-state index is -0.911. The number of hydrogen-bond donors (Lipinski definition) is 1. The molecule has 0 aliphatic heterocycles. The number of carboxylic acids is 1. The third-order valence-corrected chi connectivity index (χ3v) is 1.31. The molecule has 2 nitrogen and oxygen atoms in total. The molecule has 0 atom stereocenters. The van der Waals surface area contributed by atoms with Crippen molar-refractivity contribution in [1.82, 2.24) is 0 Å². The lowest BCUT2D eigenvalue weighted by molar-refractivity contribution is 0.0697. The van der Waals surface area contributed by atoms with Gasteiger partial charge in [-0.05, 0) is 11.4 Å². The predicted molar refractivity (Wildman–Crippen MR) is 30.1 cm³/mol. The van der Waals surface area contributed by atoms with Crippen molar-refractivity contribution in [1.29, 1.82) is 0 Å². The van der Waals surface area contributed by atoms with Crippen LogP contribution in [0.5, 0.6) is 0 Å². The van der Waals surface area contributed by atoms with Gasteiger partial charge in [-0.1, -0.05) is 0 Å². The molecule has 1 aromatic heterocycles. The molecule has 0 saturated carbocycles. The summed E-state index contributed by atoms with van der Waals surface area (Å²) in [5.41, 5.74) is 0.245. The standard InChI is InChI=1S/C5H3O2S/c6-5(7)4-1-2-8-3-4/h1-2H,(H,6,7). The van der Waals surface area contributed by atoms with E-state index in [4.69, 9.17) is 5.11 Å². The van der Waals surface area contributed by atoms with E-state index in [1.165, 1.54) is 17.4 Å². The maximum Gasteiger partial charge on any atom is 0.337 e. The molecular formula is C5H3O2S. The largest absolute Gasteiger partial charge is 0.478 e. The van der Waals surface area contributed by atoms with Gasteiger partial charge in [0, 0.05) is 0 Å². The van der Waals surface area contributed by atoms with Crippen molar-refractivity contribution in [2.45, 2.75) is 0 Å². The van der Waals surface area contributed by atoms with E-state index in [9.17, 15) is 4.79 Å². The van der Waals surface area contributed by atoms with Gasteiger partial charge in [0.15, 0.2) is 0 Å². The number of rotatable bonds is 1. The molecule has 0 bridgehead atoms. The van der Waals surface area contributed by atoms with Crippen LogP contribution in [0.2, 0.25) is 0 Å². The SMILES string of the molecule is O=C(O)c1[c]scc1. The molecule has 1 heterocycles. The number of hydrogen-bond acceptors (Lipinski definition) is 2. The molecule has 0 spiro atoms. The molecule has 0 aliphatic rings. The summed E-state index contributed by atoms with van der Waals surface area (Å²) in [4.78, 5) is 10.0. The van der Waals surface area contributed by atoms with E-state index in [1.54, 1.807) is 5.38 Å². The third kappa shape index (κ3) is 0.869. The molecule has 3 heteroatoms. The first-order valence-electron chi connectivity index (χ1n) is 1.99. The van der Waals surface area contributed by atoms with Crippen LogP contribution in [-0.4, -0.2) is 11.1 Å². The van der Waals surface area contributed by atoms with Gasteiger partial charge < -0.3 is 5.11 Å². The quantitative estimate of drug-likeness (QED) is 0.616. The Morgan fingerprint density at radius 2 is 2.62 bits per heavy atom. The molecule has 0 aliphatic carbocycles. The maximum atomic E-state index is 10.0. The van der Waals surface area contributed by atoms with E-state index in [-0.39, 0.29) is 5.56 Å². The Hall–Kier alpha value is -0.830. The first-order chi connectivity index (χ1) is 3.80. The van der Waals surface area contributed by atoms with Crippen LogP contribution >= 0.6 is 11.3 Å². The highest BCUT2D eigenvalue weighted by molar-refractivity contribution is 7.07. The van der Waals surface area contributed by atoms with Crippen molar-refractivity contribution in [2.24, 2.45) is 0 Å². The lowest BCUT2D eigenvalue weighted by atomic mass is 10.4. The summed E-state index contributed by atoms with van der Waals surface area (Å²) in [6.07, 6.45) is 0. The van der Waals surface area contributed by atoms with Crippen LogP contribution in [0.15, 0.2) is 11.4 Å². The Kier molecular flexibility index (Phi) is 1.30. The molecule has 1 aromatic rings. The molecule has 0 fully saturated rings. The van der Waals surface area contributed by atoms with E-state index in [1.807, 2.05) is 0 Å². The molecule has 8 heavy (non-hydrogen) atoms. The fourth-order valence-corrected chi connectivity index (χ4v) is 0.903. The maximum absolute atomic E-state index is 10.0. The van der Waals surface area contributed by atoms with Gasteiger partial charge in [-0.3, -0.25) is 0 Å². The smallest absolute Gasteiger partial charge is 0.337 e. The van der Waals surface area contributed by atoms with Gasteiger partial charge in [0.2, 0.25) is 0 Å². The molecule has 0 unspecified atom stereocenters. The highest BCUT2D eigenvalue weighted by Gasteiger charge is 1.99. The van der Waals surface area contributed by atoms with Crippen molar-refractivity contribution in [3.63, 3.8) is 0 Å². The highest BCUT2D eigenvalue weighted by atomic mass is 32.1. The summed E-state index contributed by atoms with van der Waals surface area (Å²) in [5.74, 6) is -0.911. The summed E-state index contributed by atoms with van der Waals surface area (Å²) in [6.45, 7) is 0. The summed E-state index contributed by atoms with van der Waals surface area (Å²) in [7, 11) is 0. The van der Waals surface area contributed by atoms with Crippen LogP contribution in [0.4, 0.5) is 0 Å². The summed E-state index contributed by atoms with van der Waals surface area (Å²) in [5, 5.41) is 12.5. The second-order valence-corrected chi connectivity index (χ2v) is 1.95. The number of carbonyl (C=O) groups is 1. The predicted octanol–water partition coefficient (Wildman–Crippen LogP) is 1.25. The van der Waals surface area contributed by atoms with Crippen molar-refractivity contribution in [3.8, 4) is 0 Å². The van der Waals surface area contributed by atoms with Gasteiger partial charge in [-0.25, -0.2) is 4.79 Å². The average molecular weight is 127 g/mol. The summed E-state index contributed by atoms with van der Waals surface area (Å²) < 4.78 is 0. The van der Waals surface area contributed by atoms with Crippen molar-refractivity contribution in [3.05, 3.63) is 22.4 Å². The van der Waals surface area contributed by atoms with Crippen molar-refractivity contribution < 1.29 is 9.90 Å². The van der Waals surface area contributed by atoms with E-state index in [0.29, 0.717) is 0 Å². The van der Waals surface area contributed by atoms with Gasteiger partial charge >= 0.3 is 5.97 Å². The van der Waals surface area contributed by atoms with E-state index < -0.39 is 5.97 Å². The number of carboxylic acid groups (broad SMARTS) is 1. The van der Waals surface area contributed by atoms with Gasteiger partial charge in [0.25, 0.3) is 0 Å². The van der Waals surface area contributed by atoms with Gasteiger partial charge in [0.1, 0.15) is 0 Å². The molecule has 1 N–H and O–H groups in total. The van der Waals surface area contributed by atoms with Crippen molar-refractivity contribution in [2.75, 3.05) is 0 Å². The molecule has 0 amide bonds. The highest BCUT2D eigenvalue weighted by Crippen LogP contribution is 2.02. The molecular weight excluding hydrogens is 124 g/mol. The van der Waals surface area contributed by atoms with Crippen LogP contribution in [0, 0.1) is 5.38 Å². The fourth-order valence-electron chi connectivity index (χ4n) is 0.349. The van der Waals surface area contributed by atoms with Crippen LogP contribution in [0.3, 0.4) is 0 Å². The van der Waals surface area contributed by atoms with Crippen LogP contribution in [-0.2, 0) is 0 Å². The molecule has 1 rings (SSSR count). The zero-order chi connectivity index (χ0) is 5.98. The summed E-state index contributed by atoms with van der Waals surface area (Å²) in [6, 6.07) is 1.52. The minimum Gasteiger partial charge on any atom is -0.478 e. The van der Waals surface area contributed by atoms with Gasteiger partial charge in [-0.15, -0.1) is 11.3 Å². The van der Waals surface area contributed by atoms with E-state index >= 15 is 0 Å². The zero-order valence-electron chi connectivity index (χ0n) is 3.92. The molecule has 0 aromatic carbocycles. The molecule has 1 radical (unpaired) electrons. The van der Waals surface area contributed by atoms with Crippen LogP contribution in [0.1, 0.15) is 10.4 Å². The third-order valence-electron chi connectivity index (χ3n) is 0.702. The zero-order valence-corrected chi connectivity index (χ0v) is 4.73. The molecule has 0 saturated heterocycles. The second-order valence-electron chi connectivity index (χ2n) is 1.24. The fraction of sp³-hybridized carbons (Fsp3) is 0. The minimum absolute atomic E-state index is 0.245. The number of aromatic carboxylic acids is 1. The van der Waals surface area contributed by atoms with E-state index in [0.717, 1.165) is 0 Å². The first-order valence-corrected chi connectivity index (χ1v) is 2.87. The Morgan fingerprint density at radius 3 is 2.88 bits per heavy atom. The Balaban J connectivity index is 2.93.